The lowest BCUT2D eigenvalue weighted by Gasteiger charge is -2.32. The molecule has 1 aliphatic heterocycles. The van der Waals surface area contributed by atoms with Crippen LogP contribution in [0.2, 0.25) is 0 Å². The first-order valence-corrected chi connectivity index (χ1v) is 12.9. The number of carbonyl (C=O) groups is 1. The van der Waals surface area contributed by atoms with Gasteiger partial charge < -0.3 is 0 Å². The molecule has 0 bridgehead atoms. The van der Waals surface area contributed by atoms with E-state index in [-0.39, 0.29) is 11.8 Å². The summed E-state index contributed by atoms with van der Waals surface area (Å²) in [6, 6.07) is 9.84. The van der Waals surface area contributed by atoms with Crippen LogP contribution in [0.15, 0.2) is 36.5 Å². The number of aryl methyl sites for hydroxylation is 2. The van der Waals surface area contributed by atoms with Crippen molar-refractivity contribution >= 4 is 42.6 Å². The highest BCUT2D eigenvalue weighted by atomic mass is 32.2. The molecule has 1 aromatic carbocycles. The zero-order valence-corrected chi connectivity index (χ0v) is 19.5. The number of rotatable bonds is 5. The monoisotopic (exact) mass is 458 g/mol. The van der Waals surface area contributed by atoms with Crippen molar-refractivity contribution in [3.8, 4) is 0 Å². The molecule has 0 spiro atoms. The van der Waals surface area contributed by atoms with Gasteiger partial charge in [-0.15, -0.1) is 0 Å². The van der Waals surface area contributed by atoms with Gasteiger partial charge in [-0.05, 0) is 56.0 Å². The van der Waals surface area contributed by atoms with E-state index in [1.165, 1.54) is 21.9 Å². The summed E-state index contributed by atoms with van der Waals surface area (Å²) >= 11 is 1.51. The van der Waals surface area contributed by atoms with Crippen LogP contribution in [0.1, 0.15) is 29.7 Å². The number of hydrogen-bond acceptors (Lipinski definition) is 6. The molecule has 1 saturated heterocycles. The molecule has 0 radical (unpaired) electrons. The SMILES string of the molecule is Cc1cc(C)c2nc(N(Cc3ccccn3)C(=O)C3CCN(S(C)(=O)=O)CC3)sc2c1. The third kappa shape index (κ3) is 4.78. The molecule has 0 atom stereocenters. The Morgan fingerprint density at radius 2 is 1.97 bits per heavy atom. The lowest BCUT2D eigenvalue weighted by molar-refractivity contribution is -0.123. The number of anilines is 1. The second kappa shape index (κ2) is 8.64. The van der Waals surface area contributed by atoms with Gasteiger partial charge in [0.1, 0.15) is 0 Å². The molecule has 3 aromatic rings. The van der Waals surface area contributed by atoms with E-state index in [2.05, 4.69) is 24.0 Å². The van der Waals surface area contributed by atoms with Gasteiger partial charge in [0, 0.05) is 25.2 Å². The molecule has 4 rings (SSSR count). The Kier molecular flexibility index (Phi) is 6.09. The minimum atomic E-state index is -3.23. The summed E-state index contributed by atoms with van der Waals surface area (Å²) in [5.41, 5.74) is 3.95. The van der Waals surface area contributed by atoms with Crippen LogP contribution in [0.3, 0.4) is 0 Å². The van der Waals surface area contributed by atoms with E-state index < -0.39 is 10.0 Å². The minimum absolute atomic E-state index is 0.0211. The molecule has 0 unspecified atom stereocenters. The highest BCUT2D eigenvalue weighted by Gasteiger charge is 2.33. The Labute approximate surface area is 186 Å². The van der Waals surface area contributed by atoms with Gasteiger partial charge in [0.15, 0.2) is 5.13 Å². The number of piperidine rings is 1. The van der Waals surface area contributed by atoms with Crippen LogP contribution in [0, 0.1) is 19.8 Å². The Bertz CT molecular complexity index is 1200. The predicted molar refractivity (Wildman–Crippen MR) is 124 cm³/mol. The van der Waals surface area contributed by atoms with Crippen molar-refractivity contribution in [3.05, 3.63) is 53.3 Å². The van der Waals surface area contributed by atoms with Crippen molar-refractivity contribution in [1.82, 2.24) is 14.3 Å². The van der Waals surface area contributed by atoms with Crippen molar-refractivity contribution in [1.29, 1.82) is 0 Å². The smallest absolute Gasteiger partial charge is 0.232 e. The number of benzene rings is 1. The minimum Gasteiger partial charge on any atom is -0.282 e. The van der Waals surface area contributed by atoms with Crippen molar-refractivity contribution in [2.24, 2.45) is 5.92 Å². The normalized spacial score (nSPS) is 16.0. The number of aromatic nitrogens is 2. The molecule has 1 amide bonds. The molecule has 1 aliphatic rings. The lowest BCUT2D eigenvalue weighted by Crippen LogP contribution is -2.44. The van der Waals surface area contributed by atoms with Gasteiger partial charge in [0.05, 0.1) is 28.7 Å². The molecular formula is C22H26N4O3S2. The van der Waals surface area contributed by atoms with E-state index in [0.29, 0.717) is 37.6 Å². The number of carbonyl (C=O) groups excluding carboxylic acids is 1. The van der Waals surface area contributed by atoms with Gasteiger partial charge >= 0.3 is 0 Å². The van der Waals surface area contributed by atoms with E-state index >= 15 is 0 Å². The van der Waals surface area contributed by atoms with Crippen LogP contribution in [0.25, 0.3) is 10.2 Å². The van der Waals surface area contributed by atoms with Crippen molar-refractivity contribution in [3.63, 3.8) is 0 Å². The molecule has 1 fully saturated rings. The van der Waals surface area contributed by atoms with Gasteiger partial charge in [-0.2, -0.15) is 0 Å². The van der Waals surface area contributed by atoms with Gasteiger partial charge in [0.2, 0.25) is 15.9 Å². The van der Waals surface area contributed by atoms with Crippen LogP contribution < -0.4 is 4.90 Å². The van der Waals surface area contributed by atoms with Crippen LogP contribution in [-0.4, -0.2) is 47.9 Å². The second-order valence-corrected chi connectivity index (χ2v) is 11.1. The van der Waals surface area contributed by atoms with E-state index in [9.17, 15) is 13.2 Å². The molecule has 2 aromatic heterocycles. The molecule has 164 valence electrons. The number of pyridine rings is 1. The molecule has 7 nitrogen and oxygen atoms in total. The molecular weight excluding hydrogens is 432 g/mol. The molecule has 3 heterocycles. The maximum atomic E-state index is 13.6. The zero-order valence-electron chi connectivity index (χ0n) is 17.9. The van der Waals surface area contributed by atoms with E-state index in [0.717, 1.165) is 27.0 Å². The van der Waals surface area contributed by atoms with Crippen LogP contribution in [-0.2, 0) is 21.4 Å². The van der Waals surface area contributed by atoms with Gasteiger partial charge in [-0.3, -0.25) is 14.7 Å². The van der Waals surface area contributed by atoms with Gasteiger partial charge in [0.25, 0.3) is 0 Å². The molecule has 9 heteroatoms. The fraction of sp³-hybridized carbons (Fsp3) is 0.409. The Morgan fingerprint density at radius 3 is 2.61 bits per heavy atom. The summed E-state index contributed by atoms with van der Waals surface area (Å²) in [5, 5.41) is 0.657. The fourth-order valence-electron chi connectivity index (χ4n) is 4.02. The number of nitrogens with zero attached hydrogens (tertiary/aromatic N) is 4. The number of fused-ring (bicyclic) bond motifs is 1. The van der Waals surface area contributed by atoms with Crippen LogP contribution >= 0.6 is 11.3 Å². The Morgan fingerprint density at radius 1 is 1.23 bits per heavy atom. The van der Waals surface area contributed by atoms with Crippen molar-refractivity contribution in [2.45, 2.75) is 33.2 Å². The fourth-order valence-corrected chi connectivity index (χ4v) is 6.04. The first kappa shape index (κ1) is 21.9. The average Bonchev–Trinajstić information content (AvgIpc) is 3.16. The number of sulfonamides is 1. The average molecular weight is 459 g/mol. The van der Waals surface area contributed by atoms with Gasteiger partial charge in [-0.25, -0.2) is 17.7 Å². The van der Waals surface area contributed by atoms with Crippen LogP contribution in [0.4, 0.5) is 5.13 Å². The van der Waals surface area contributed by atoms with E-state index in [4.69, 9.17) is 4.98 Å². The number of hydrogen-bond donors (Lipinski definition) is 0. The standard InChI is InChI=1S/C22H26N4O3S2/c1-15-12-16(2)20-19(13-15)30-22(24-20)26(14-18-6-4-5-9-23-18)21(27)17-7-10-25(11-8-17)31(3,28)29/h4-6,9,12-13,17H,7-8,10-11,14H2,1-3H3. The number of thiazole rings is 1. The summed E-state index contributed by atoms with van der Waals surface area (Å²) in [6.45, 7) is 5.16. The first-order chi connectivity index (χ1) is 14.7. The van der Waals surface area contributed by atoms with E-state index in [1.807, 2.05) is 25.1 Å². The van der Waals surface area contributed by atoms with Crippen molar-refractivity contribution in [2.75, 3.05) is 24.2 Å². The predicted octanol–water partition coefficient (Wildman–Crippen LogP) is 3.51. The second-order valence-electron chi connectivity index (χ2n) is 8.11. The third-order valence-corrected chi connectivity index (χ3v) is 7.96. The third-order valence-electron chi connectivity index (χ3n) is 5.63. The van der Waals surface area contributed by atoms with Crippen LogP contribution in [0.5, 0.6) is 0 Å². The highest BCUT2D eigenvalue weighted by Crippen LogP contribution is 2.34. The molecule has 31 heavy (non-hydrogen) atoms. The summed E-state index contributed by atoms with van der Waals surface area (Å²) in [7, 11) is -3.23. The first-order valence-electron chi connectivity index (χ1n) is 10.3. The topological polar surface area (TPSA) is 83.5 Å². The Hall–Kier alpha value is -2.36. The molecule has 0 saturated carbocycles. The molecule has 0 N–H and O–H groups in total. The Balaban J connectivity index is 1.65. The summed E-state index contributed by atoms with van der Waals surface area (Å²) in [6.07, 6.45) is 3.95. The van der Waals surface area contributed by atoms with Crippen molar-refractivity contribution < 1.29 is 13.2 Å². The maximum absolute atomic E-state index is 13.6. The summed E-state index contributed by atoms with van der Waals surface area (Å²) in [4.78, 5) is 24.5. The summed E-state index contributed by atoms with van der Waals surface area (Å²) < 4.78 is 26.2. The van der Waals surface area contributed by atoms with E-state index in [1.54, 1.807) is 11.1 Å². The largest absolute Gasteiger partial charge is 0.282 e. The summed E-state index contributed by atoms with van der Waals surface area (Å²) in [5.74, 6) is -0.260. The number of amides is 1. The lowest BCUT2D eigenvalue weighted by atomic mass is 9.96. The highest BCUT2D eigenvalue weighted by molar-refractivity contribution is 7.88. The quantitative estimate of drug-likeness (QED) is 0.584. The maximum Gasteiger partial charge on any atom is 0.232 e. The zero-order chi connectivity index (χ0) is 22.2. The molecule has 0 aliphatic carbocycles. The van der Waals surface area contributed by atoms with Gasteiger partial charge in [-0.1, -0.05) is 23.5 Å².